The second-order valence-electron chi connectivity index (χ2n) is 4.92. The summed E-state index contributed by atoms with van der Waals surface area (Å²) in [6, 6.07) is 6.37. The standard InChI is InChI=1S/C15H17FN2O4S/c1-10(2)22-13-7-6-11(16)9-14(13)23(19,20)18-12-5-4-8-17-15(12)21-3/h4-10,18H,1-3H3. The maximum absolute atomic E-state index is 13.5. The van der Waals surface area contributed by atoms with Crippen molar-refractivity contribution in [3.05, 3.63) is 42.3 Å². The normalized spacial score (nSPS) is 11.3. The van der Waals surface area contributed by atoms with Crippen LogP contribution < -0.4 is 14.2 Å². The van der Waals surface area contributed by atoms with E-state index >= 15 is 0 Å². The number of hydrogen-bond donors (Lipinski definition) is 1. The third kappa shape index (κ3) is 4.10. The Hall–Kier alpha value is -2.35. The zero-order chi connectivity index (χ0) is 17.0. The highest BCUT2D eigenvalue weighted by molar-refractivity contribution is 7.92. The number of nitrogens with one attached hydrogen (secondary N) is 1. The summed E-state index contributed by atoms with van der Waals surface area (Å²) in [5.41, 5.74) is 0.148. The van der Waals surface area contributed by atoms with E-state index in [1.54, 1.807) is 19.9 Å². The Balaban J connectivity index is 2.45. The highest BCUT2D eigenvalue weighted by atomic mass is 32.2. The molecule has 0 atom stereocenters. The van der Waals surface area contributed by atoms with E-state index in [-0.39, 0.29) is 28.3 Å². The van der Waals surface area contributed by atoms with E-state index in [1.165, 1.54) is 25.4 Å². The molecule has 0 aliphatic rings. The fraction of sp³-hybridized carbons (Fsp3) is 0.267. The summed E-state index contributed by atoms with van der Waals surface area (Å²) in [5, 5.41) is 0. The first-order valence-corrected chi connectivity index (χ1v) is 8.30. The topological polar surface area (TPSA) is 77.5 Å². The average Bonchev–Trinajstić information content (AvgIpc) is 2.48. The number of nitrogens with zero attached hydrogens (tertiary/aromatic N) is 1. The highest BCUT2D eigenvalue weighted by Gasteiger charge is 2.23. The van der Waals surface area contributed by atoms with Crippen LogP contribution in [0, 0.1) is 5.82 Å². The fourth-order valence-corrected chi connectivity index (χ4v) is 3.08. The van der Waals surface area contributed by atoms with Gasteiger partial charge in [-0.1, -0.05) is 0 Å². The lowest BCUT2D eigenvalue weighted by Gasteiger charge is -2.16. The van der Waals surface area contributed by atoms with Gasteiger partial charge >= 0.3 is 0 Å². The molecule has 0 unspecified atom stereocenters. The third-order valence-corrected chi connectivity index (χ3v) is 4.15. The van der Waals surface area contributed by atoms with Crippen LogP contribution >= 0.6 is 0 Å². The largest absolute Gasteiger partial charge is 0.490 e. The highest BCUT2D eigenvalue weighted by Crippen LogP contribution is 2.29. The van der Waals surface area contributed by atoms with Crippen LogP contribution in [0.3, 0.4) is 0 Å². The van der Waals surface area contributed by atoms with Crippen molar-refractivity contribution in [3.8, 4) is 11.6 Å². The molecule has 0 fully saturated rings. The molecule has 0 aliphatic heterocycles. The molecule has 1 aromatic heterocycles. The molecule has 1 N–H and O–H groups in total. The molecule has 124 valence electrons. The Morgan fingerprint density at radius 2 is 2.00 bits per heavy atom. The van der Waals surface area contributed by atoms with Crippen molar-refractivity contribution < 1.29 is 22.3 Å². The monoisotopic (exact) mass is 340 g/mol. The van der Waals surface area contributed by atoms with E-state index in [9.17, 15) is 12.8 Å². The zero-order valence-electron chi connectivity index (χ0n) is 12.9. The second-order valence-corrected chi connectivity index (χ2v) is 6.57. The number of anilines is 1. The summed E-state index contributed by atoms with van der Waals surface area (Å²) in [6.07, 6.45) is 1.20. The van der Waals surface area contributed by atoms with Gasteiger partial charge in [0.15, 0.2) is 0 Å². The van der Waals surface area contributed by atoms with Crippen molar-refractivity contribution >= 4 is 15.7 Å². The van der Waals surface area contributed by atoms with Crippen LogP contribution in [-0.4, -0.2) is 26.6 Å². The van der Waals surface area contributed by atoms with E-state index in [4.69, 9.17) is 9.47 Å². The van der Waals surface area contributed by atoms with Crippen molar-refractivity contribution in [2.45, 2.75) is 24.8 Å². The molecule has 1 aromatic carbocycles. The molecule has 0 saturated carbocycles. The number of hydrogen-bond acceptors (Lipinski definition) is 5. The molecular weight excluding hydrogens is 323 g/mol. The van der Waals surface area contributed by atoms with E-state index < -0.39 is 15.8 Å². The maximum atomic E-state index is 13.5. The lowest BCUT2D eigenvalue weighted by molar-refractivity contribution is 0.235. The number of rotatable bonds is 6. The molecule has 0 spiro atoms. The number of ether oxygens (including phenoxy) is 2. The van der Waals surface area contributed by atoms with Crippen molar-refractivity contribution in [1.29, 1.82) is 0 Å². The van der Waals surface area contributed by atoms with Gasteiger partial charge in [0.25, 0.3) is 10.0 Å². The number of sulfonamides is 1. The van der Waals surface area contributed by atoms with Crippen molar-refractivity contribution in [2.75, 3.05) is 11.8 Å². The zero-order valence-corrected chi connectivity index (χ0v) is 13.7. The number of pyridine rings is 1. The summed E-state index contributed by atoms with van der Waals surface area (Å²) in [4.78, 5) is 3.61. The molecule has 2 rings (SSSR count). The van der Waals surface area contributed by atoms with Gasteiger partial charge in [-0.25, -0.2) is 17.8 Å². The van der Waals surface area contributed by atoms with Crippen LogP contribution in [0.25, 0.3) is 0 Å². The van der Waals surface area contributed by atoms with Crippen LogP contribution in [0.15, 0.2) is 41.4 Å². The lowest BCUT2D eigenvalue weighted by Crippen LogP contribution is -2.17. The molecule has 0 amide bonds. The van der Waals surface area contributed by atoms with Gasteiger partial charge in [-0.15, -0.1) is 0 Å². The maximum Gasteiger partial charge on any atom is 0.265 e. The van der Waals surface area contributed by atoms with Crippen LogP contribution in [0.2, 0.25) is 0 Å². The van der Waals surface area contributed by atoms with E-state index in [2.05, 4.69) is 9.71 Å². The van der Waals surface area contributed by atoms with Gasteiger partial charge in [-0.05, 0) is 44.2 Å². The van der Waals surface area contributed by atoms with E-state index in [0.717, 1.165) is 12.1 Å². The van der Waals surface area contributed by atoms with Gasteiger partial charge in [0.05, 0.1) is 13.2 Å². The molecule has 2 aromatic rings. The van der Waals surface area contributed by atoms with Crippen molar-refractivity contribution in [1.82, 2.24) is 4.98 Å². The smallest absolute Gasteiger partial charge is 0.265 e. The molecule has 0 aliphatic carbocycles. The predicted octanol–water partition coefficient (Wildman–Crippen LogP) is 2.82. The number of aromatic nitrogens is 1. The Kier molecular flexibility index (Phi) is 5.05. The predicted molar refractivity (Wildman–Crippen MR) is 83.8 cm³/mol. The second kappa shape index (κ2) is 6.82. The minimum atomic E-state index is -4.08. The van der Waals surface area contributed by atoms with Crippen molar-refractivity contribution in [2.24, 2.45) is 0 Å². The van der Waals surface area contributed by atoms with E-state index in [0.29, 0.717) is 0 Å². The summed E-state index contributed by atoms with van der Waals surface area (Å²) in [5.74, 6) is -0.504. The Labute approximate surface area is 134 Å². The van der Waals surface area contributed by atoms with Crippen LogP contribution in [-0.2, 0) is 10.0 Å². The molecule has 1 heterocycles. The van der Waals surface area contributed by atoms with Gasteiger partial charge in [0.1, 0.15) is 22.1 Å². The molecule has 8 heteroatoms. The molecule has 0 radical (unpaired) electrons. The Bertz CT molecular complexity index is 794. The molecule has 0 bridgehead atoms. The fourth-order valence-electron chi connectivity index (χ4n) is 1.87. The Morgan fingerprint density at radius 1 is 1.26 bits per heavy atom. The SMILES string of the molecule is COc1ncccc1NS(=O)(=O)c1cc(F)ccc1OC(C)C. The summed E-state index contributed by atoms with van der Waals surface area (Å²) < 4.78 is 51.5. The first-order chi connectivity index (χ1) is 10.8. The summed E-state index contributed by atoms with van der Waals surface area (Å²) in [7, 11) is -2.71. The minimum Gasteiger partial charge on any atom is -0.490 e. The number of halogens is 1. The van der Waals surface area contributed by atoms with E-state index in [1.807, 2.05) is 0 Å². The van der Waals surface area contributed by atoms with Crippen LogP contribution in [0.1, 0.15) is 13.8 Å². The van der Waals surface area contributed by atoms with Gasteiger partial charge in [0.2, 0.25) is 5.88 Å². The minimum absolute atomic E-state index is 0.0664. The van der Waals surface area contributed by atoms with Gasteiger partial charge < -0.3 is 9.47 Å². The van der Waals surface area contributed by atoms with Crippen LogP contribution in [0.4, 0.5) is 10.1 Å². The lowest BCUT2D eigenvalue weighted by atomic mass is 10.3. The van der Waals surface area contributed by atoms with Crippen LogP contribution in [0.5, 0.6) is 11.6 Å². The molecular formula is C15H17FN2O4S. The number of methoxy groups -OCH3 is 1. The van der Waals surface area contributed by atoms with Gasteiger partial charge in [0, 0.05) is 6.20 Å². The van der Waals surface area contributed by atoms with Gasteiger partial charge in [-0.2, -0.15) is 0 Å². The number of benzene rings is 1. The quantitative estimate of drug-likeness (QED) is 0.875. The van der Waals surface area contributed by atoms with Crippen molar-refractivity contribution in [3.63, 3.8) is 0 Å². The first-order valence-electron chi connectivity index (χ1n) is 6.81. The molecule has 0 saturated heterocycles. The molecule has 6 nitrogen and oxygen atoms in total. The summed E-state index contributed by atoms with van der Waals surface area (Å²) >= 11 is 0. The summed E-state index contributed by atoms with van der Waals surface area (Å²) in [6.45, 7) is 3.49. The third-order valence-electron chi connectivity index (χ3n) is 2.77. The first kappa shape index (κ1) is 17.0. The molecule has 23 heavy (non-hydrogen) atoms. The van der Waals surface area contributed by atoms with Gasteiger partial charge in [-0.3, -0.25) is 4.72 Å². The Morgan fingerprint density at radius 3 is 2.65 bits per heavy atom. The average molecular weight is 340 g/mol.